The van der Waals surface area contributed by atoms with Crippen LogP contribution in [-0.4, -0.2) is 48.2 Å². The number of urea groups is 1. The average molecular weight is 304 g/mol. The molecule has 6 nitrogen and oxygen atoms in total. The molecule has 1 aromatic rings. The summed E-state index contributed by atoms with van der Waals surface area (Å²) in [6.07, 6.45) is 6.49. The zero-order valence-electron chi connectivity index (χ0n) is 13.0. The lowest BCUT2D eigenvalue weighted by Crippen LogP contribution is -2.48. The van der Waals surface area contributed by atoms with Gasteiger partial charge in [0.2, 0.25) is 5.88 Å². The van der Waals surface area contributed by atoms with Crippen LogP contribution >= 0.6 is 0 Å². The first-order chi connectivity index (χ1) is 10.7. The summed E-state index contributed by atoms with van der Waals surface area (Å²) in [5.41, 5.74) is 0.977. The molecule has 1 saturated heterocycles. The van der Waals surface area contributed by atoms with E-state index < -0.39 is 0 Å². The lowest BCUT2D eigenvalue weighted by Gasteiger charge is -2.32. The van der Waals surface area contributed by atoms with Gasteiger partial charge in [-0.25, -0.2) is 9.78 Å². The molecule has 2 heterocycles. The topological polar surface area (TPSA) is 66.5 Å². The zero-order valence-corrected chi connectivity index (χ0v) is 13.0. The lowest BCUT2D eigenvalue weighted by molar-refractivity contribution is 0.186. The molecule has 0 aromatic carbocycles. The summed E-state index contributed by atoms with van der Waals surface area (Å²) in [4.78, 5) is 18.6. The molecule has 3 rings (SSSR count). The maximum absolute atomic E-state index is 12.0. The monoisotopic (exact) mass is 304 g/mol. The molecule has 2 aliphatic rings. The molecular formula is C16H24N4O2. The molecular weight excluding hydrogens is 280 g/mol. The van der Waals surface area contributed by atoms with E-state index in [-0.39, 0.29) is 6.03 Å². The van der Waals surface area contributed by atoms with Crippen molar-refractivity contribution in [2.45, 2.75) is 44.3 Å². The summed E-state index contributed by atoms with van der Waals surface area (Å²) in [7, 11) is 1.58. The second-order valence-corrected chi connectivity index (χ2v) is 6.07. The summed E-state index contributed by atoms with van der Waals surface area (Å²) in [6, 6.07) is 4.73. The van der Waals surface area contributed by atoms with Gasteiger partial charge in [-0.3, -0.25) is 0 Å². The highest BCUT2D eigenvalue weighted by atomic mass is 16.5. The van der Waals surface area contributed by atoms with E-state index >= 15 is 0 Å². The first kappa shape index (κ1) is 15.1. The summed E-state index contributed by atoms with van der Waals surface area (Å²) in [6.45, 7) is 2.69. The van der Waals surface area contributed by atoms with Gasteiger partial charge < -0.3 is 20.3 Å². The lowest BCUT2D eigenvalue weighted by atomic mass is 10.1. The molecule has 1 aliphatic carbocycles. The number of rotatable bonds is 5. The van der Waals surface area contributed by atoms with Crippen LogP contribution in [0.1, 0.15) is 31.2 Å². The standard InChI is InChI=1S/C16H24N4O2/c1-22-15-10-12(4-7-17-15)11-18-16(21)19-13-5-8-20(9-6-13)14-2-3-14/h4,7,10,13-14H,2-3,5-6,8-9,11H2,1H3,(H2,18,19,21). The minimum atomic E-state index is -0.0966. The number of pyridine rings is 1. The van der Waals surface area contributed by atoms with Crippen LogP contribution in [-0.2, 0) is 6.54 Å². The van der Waals surface area contributed by atoms with E-state index in [1.165, 1.54) is 12.8 Å². The van der Waals surface area contributed by atoms with Crippen LogP contribution in [0.15, 0.2) is 18.3 Å². The second-order valence-electron chi connectivity index (χ2n) is 6.07. The number of hydrogen-bond donors (Lipinski definition) is 2. The third-order valence-electron chi connectivity index (χ3n) is 4.39. The number of ether oxygens (including phenoxy) is 1. The number of piperidine rings is 1. The minimum Gasteiger partial charge on any atom is -0.481 e. The van der Waals surface area contributed by atoms with Crippen LogP contribution < -0.4 is 15.4 Å². The Bertz CT molecular complexity index is 511. The molecule has 0 unspecified atom stereocenters. The summed E-state index contributed by atoms with van der Waals surface area (Å²) in [5, 5.41) is 5.97. The van der Waals surface area contributed by atoms with Crippen molar-refractivity contribution in [3.63, 3.8) is 0 Å². The quantitative estimate of drug-likeness (QED) is 0.865. The van der Waals surface area contributed by atoms with Crippen molar-refractivity contribution in [3.8, 4) is 5.88 Å². The van der Waals surface area contributed by atoms with Gasteiger partial charge >= 0.3 is 6.03 Å². The van der Waals surface area contributed by atoms with Gasteiger partial charge in [-0.15, -0.1) is 0 Å². The van der Waals surface area contributed by atoms with Gasteiger partial charge in [-0.1, -0.05) is 0 Å². The fraction of sp³-hybridized carbons (Fsp3) is 0.625. The van der Waals surface area contributed by atoms with E-state index in [2.05, 4.69) is 20.5 Å². The van der Waals surface area contributed by atoms with E-state index in [9.17, 15) is 4.79 Å². The van der Waals surface area contributed by atoms with Crippen molar-refractivity contribution < 1.29 is 9.53 Å². The highest BCUT2D eigenvalue weighted by Gasteiger charge is 2.31. The van der Waals surface area contributed by atoms with Crippen LogP contribution in [0, 0.1) is 0 Å². The number of likely N-dealkylation sites (tertiary alicyclic amines) is 1. The van der Waals surface area contributed by atoms with Gasteiger partial charge in [0.25, 0.3) is 0 Å². The molecule has 6 heteroatoms. The number of hydrogen-bond acceptors (Lipinski definition) is 4. The van der Waals surface area contributed by atoms with E-state index in [1.807, 2.05) is 12.1 Å². The first-order valence-corrected chi connectivity index (χ1v) is 8.02. The molecule has 1 aliphatic heterocycles. The number of carbonyl (C=O) groups excluding carboxylic acids is 1. The Morgan fingerprint density at radius 1 is 1.36 bits per heavy atom. The van der Waals surface area contributed by atoms with Crippen LogP contribution in [0.4, 0.5) is 4.79 Å². The number of aromatic nitrogens is 1. The molecule has 0 radical (unpaired) electrons. The van der Waals surface area contributed by atoms with Crippen LogP contribution in [0.5, 0.6) is 5.88 Å². The molecule has 2 N–H and O–H groups in total. The van der Waals surface area contributed by atoms with E-state index in [0.717, 1.165) is 37.5 Å². The summed E-state index contributed by atoms with van der Waals surface area (Å²) < 4.78 is 5.07. The van der Waals surface area contributed by atoms with Gasteiger partial charge in [0.15, 0.2) is 0 Å². The van der Waals surface area contributed by atoms with Crippen molar-refractivity contribution in [2.24, 2.45) is 0 Å². The van der Waals surface area contributed by atoms with Crippen molar-refractivity contribution in [2.75, 3.05) is 20.2 Å². The van der Waals surface area contributed by atoms with Crippen LogP contribution in [0.2, 0.25) is 0 Å². The minimum absolute atomic E-state index is 0.0966. The number of nitrogens with one attached hydrogen (secondary N) is 2. The van der Waals surface area contributed by atoms with Gasteiger partial charge in [-0.2, -0.15) is 0 Å². The zero-order chi connectivity index (χ0) is 15.4. The van der Waals surface area contributed by atoms with E-state index in [1.54, 1.807) is 13.3 Å². The third-order valence-corrected chi connectivity index (χ3v) is 4.39. The smallest absolute Gasteiger partial charge is 0.315 e. The average Bonchev–Trinajstić information content (AvgIpc) is 3.39. The van der Waals surface area contributed by atoms with E-state index in [0.29, 0.717) is 18.5 Å². The van der Waals surface area contributed by atoms with Crippen LogP contribution in [0.3, 0.4) is 0 Å². The van der Waals surface area contributed by atoms with Gasteiger partial charge in [-0.05, 0) is 37.3 Å². The first-order valence-electron chi connectivity index (χ1n) is 8.02. The number of carbonyl (C=O) groups is 1. The third kappa shape index (κ3) is 4.10. The molecule has 0 atom stereocenters. The van der Waals surface area contributed by atoms with Gasteiger partial charge in [0, 0.05) is 44.0 Å². The predicted molar refractivity (Wildman–Crippen MR) is 83.8 cm³/mol. The summed E-state index contributed by atoms with van der Waals surface area (Å²) >= 11 is 0. The molecule has 2 fully saturated rings. The highest BCUT2D eigenvalue weighted by Crippen LogP contribution is 2.29. The maximum atomic E-state index is 12.0. The molecule has 0 bridgehead atoms. The Kier molecular flexibility index (Phi) is 4.77. The predicted octanol–water partition coefficient (Wildman–Crippen LogP) is 1.52. The maximum Gasteiger partial charge on any atom is 0.315 e. The second kappa shape index (κ2) is 6.96. The number of amides is 2. The molecule has 1 aromatic heterocycles. The Morgan fingerprint density at radius 3 is 2.82 bits per heavy atom. The fourth-order valence-electron chi connectivity index (χ4n) is 2.94. The molecule has 0 spiro atoms. The van der Waals surface area contributed by atoms with Crippen LogP contribution in [0.25, 0.3) is 0 Å². The highest BCUT2D eigenvalue weighted by molar-refractivity contribution is 5.74. The van der Waals surface area contributed by atoms with Crippen molar-refractivity contribution >= 4 is 6.03 Å². The van der Waals surface area contributed by atoms with Gasteiger partial charge in [0.05, 0.1) is 7.11 Å². The fourth-order valence-corrected chi connectivity index (χ4v) is 2.94. The Balaban J connectivity index is 1.38. The summed E-state index contributed by atoms with van der Waals surface area (Å²) in [5.74, 6) is 0.562. The van der Waals surface area contributed by atoms with Crippen molar-refractivity contribution in [1.29, 1.82) is 0 Å². The molecule has 120 valence electrons. The molecule has 22 heavy (non-hydrogen) atoms. The Labute approximate surface area is 131 Å². The van der Waals surface area contributed by atoms with Crippen molar-refractivity contribution in [1.82, 2.24) is 20.5 Å². The van der Waals surface area contributed by atoms with Gasteiger partial charge in [0.1, 0.15) is 0 Å². The number of nitrogens with zero attached hydrogens (tertiary/aromatic N) is 2. The van der Waals surface area contributed by atoms with Crippen molar-refractivity contribution in [3.05, 3.63) is 23.9 Å². The molecule has 1 saturated carbocycles. The van der Waals surface area contributed by atoms with E-state index in [4.69, 9.17) is 4.74 Å². The molecule has 2 amide bonds. The Morgan fingerprint density at radius 2 is 2.14 bits per heavy atom. The largest absolute Gasteiger partial charge is 0.481 e. The number of methoxy groups -OCH3 is 1. The SMILES string of the molecule is COc1cc(CNC(=O)NC2CCN(C3CC3)CC2)ccn1. The normalized spacial score (nSPS) is 19.7. The Hall–Kier alpha value is -1.82.